The van der Waals surface area contributed by atoms with E-state index in [9.17, 15) is 14.7 Å². The van der Waals surface area contributed by atoms with E-state index in [1.807, 2.05) is 19.9 Å². The second kappa shape index (κ2) is 11.6. The number of carbonyl (C=O) groups is 2. The maximum absolute atomic E-state index is 12.6. The lowest BCUT2D eigenvalue weighted by molar-refractivity contribution is -0.132. The second-order valence-corrected chi connectivity index (χ2v) is 7.40. The van der Waals surface area contributed by atoms with Crippen LogP contribution in [0.2, 0.25) is 0 Å². The van der Waals surface area contributed by atoms with E-state index in [1.165, 1.54) is 5.57 Å². The van der Waals surface area contributed by atoms with E-state index in [-0.39, 0.29) is 17.8 Å². The van der Waals surface area contributed by atoms with Gasteiger partial charge in [-0.05, 0) is 59.8 Å². The van der Waals surface area contributed by atoms with Crippen LogP contribution in [0.25, 0.3) is 0 Å². The number of rotatable bonds is 11. The number of likely N-dealkylation sites (N-methyl/N-ethyl adjacent to an activating group) is 1. The summed E-state index contributed by atoms with van der Waals surface area (Å²) in [6.45, 7) is 10.8. The van der Waals surface area contributed by atoms with Gasteiger partial charge in [-0.15, -0.1) is 0 Å². The molecule has 1 aliphatic carbocycles. The molecule has 0 radical (unpaired) electrons. The molecule has 1 aliphatic rings. The smallest absolute Gasteiger partial charge is 0.233 e. The zero-order valence-electron chi connectivity index (χ0n) is 17.6. The Bertz CT molecular complexity index is 674. The average molecular weight is 374 g/mol. The van der Waals surface area contributed by atoms with E-state index in [0.29, 0.717) is 24.2 Å². The van der Waals surface area contributed by atoms with Crippen LogP contribution < -0.4 is 5.32 Å². The Kier molecular flexibility index (Phi) is 9.84. The van der Waals surface area contributed by atoms with Gasteiger partial charge in [-0.2, -0.15) is 0 Å². The van der Waals surface area contributed by atoms with Crippen molar-refractivity contribution < 1.29 is 14.7 Å². The monoisotopic (exact) mass is 373 g/mol. The summed E-state index contributed by atoms with van der Waals surface area (Å²) in [5, 5.41) is 13.8. The zero-order chi connectivity index (χ0) is 20.4. The topological polar surface area (TPSA) is 66.4 Å². The average Bonchev–Trinajstić information content (AvgIpc) is 2.61. The third-order valence-corrected chi connectivity index (χ3v) is 4.71. The lowest BCUT2D eigenvalue weighted by Gasteiger charge is -2.22. The second-order valence-electron chi connectivity index (χ2n) is 7.40. The van der Waals surface area contributed by atoms with Crippen LogP contribution in [0.4, 0.5) is 0 Å². The molecule has 0 saturated carbocycles. The fourth-order valence-electron chi connectivity index (χ4n) is 3.10. The van der Waals surface area contributed by atoms with E-state index in [2.05, 4.69) is 32.2 Å². The molecule has 0 heterocycles. The van der Waals surface area contributed by atoms with E-state index in [0.717, 1.165) is 37.7 Å². The summed E-state index contributed by atoms with van der Waals surface area (Å²) in [6, 6.07) is 0. The van der Waals surface area contributed by atoms with Gasteiger partial charge in [0.05, 0.1) is 11.3 Å². The Morgan fingerprint density at radius 3 is 2.26 bits per heavy atom. The number of hydrogen-bond acceptors (Lipinski definition) is 4. The number of aliphatic hydroxyl groups excluding tert-OH is 1. The standard InChI is InChI=1S/C23H35NO3/c1-6-8-9-13-18-20(24-7-2)21(25)19(23(27)22(18)26)15-14-17(5)12-10-11-16(3)4/h11,14,24-25H,6-10,12-13,15H2,1-5H3/b17-14+. The number of ketones is 2. The molecule has 0 aromatic rings. The van der Waals surface area contributed by atoms with E-state index in [1.54, 1.807) is 0 Å². The number of carbonyl (C=O) groups excluding carboxylic acids is 2. The van der Waals surface area contributed by atoms with Crippen LogP contribution in [0.15, 0.2) is 45.9 Å². The molecule has 0 spiro atoms. The van der Waals surface area contributed by atoms with Crippen LogP contribution in [0, 0.1) is 0 Å². The molecule has 0 bridgehead atoms. The van der Waals surface area contributed by atoms with Gasteiger partial charge in [0, 0.05) is 12.1 Å². The minimum Gasteiger partial charge on any atom is -0.505 e. The Hall–Kier alpha value is -2.10. The third kappa shape index (κ3) is 6.85. The lowest BCUT2D eigenvalue weighted by Crippen LogP contribution is -2.31. The number of allylic oxidation sites excluding steroid dienone is 6. The molecule has 0 aliphatic heterocycles. The number of Topliss-reactive ketones (excluding diaryl/α,β-unsaturated/α-hetero) is 2. The molecule has 0 fully saturated rings. The molecule has 0 saturated heterocycles. The molecule has 0 aromatic heterocycles. The minimum atomic E-state index is -0.561. The van der Waals surface area contributed by atoms with Gasteiger partial charge in [0.25, 0.3) is 0 Å². The minimum absolute atomic E-state index is 0.0544. The predicted molar refractivity (Wildman–Crippen MR) is 112 cm³/mol. The molecule has 2 N–H and O–H groups in total. The summed E-state index contributed by atoms with van der Waals surface area (Å²) < 4.78 is 0. The summed E-state index contributed by atoms with van der Waals surface area (Å²) in [7, 11) is 0. The van der Waals surface area contributed by atoms with E-state index < -0.39 is 11.6 Å². The van der Waals surface area contributed by atoms with Crippen molar-refractivity contribution in [2.24, 2.45) is 0 Å². The van der Waals surface area contributed by atoms with E-state index >= 15 is 0 Å². The van der Waals surface area contributed by atoms with Crippen LogP contribution >= 0.6 is 0 Å². The van der Waals surface area contributed by atoms with E-state index in [4.69, 9.17) is 0 Å². The maximum Gasteiger partial charge on any atom is 0.233 e. The van der Waals surface area contributed by atoms with Crippen molar-refractivity contribution in [2.75, 3.05) is 6.54 Å². The van der Waals surface area contributed by atoms with Crippen molar-refractivity contribution in [1.82, 2.24) is 5.32 Å². The number of hydrogen-bond donors (Lipinski definition) is 2. The fourth-order valence-corrected chi connectivity index (χ4v) is 3.10. The van der Waals surface area contributed by atoms with Crippen LogP contribution in [0.1, 0.15) is 79.6 Å². The predicted octanol–water partition coefficient (Wildman–Crippen LogP) is 5.48. The fraction of sp³-hybridized carbons (Fsp3) is 0.565. The summed E-state index contributed by atoms with van der Waals surface area (Å²) in [6.07, 6.45) is 9.66. The molecule has 27 heavy (non-hydrogen) atoms. The summed E-state index contributed by atoms with van der Waals surface area (Å²) in [4.78, 5) is 25.2. The number of nitrogens with one attached hydrogen (secondary N) is 1. The third-order valence-electron chi connectivity index (χ3n) is 4.71. The van der Waals surface area contributed by atoms with Crippen molar-refractivity contribution in [3.05, 3.63) is 45.9 Å². The maximum atomic E-state index is 12.6. The molecule has 150 valence electrons. The number of aliphatic hydroxyl groups is 1. The molecule has 0 atom stereocenters. The Balaban J connectivity index is 3.05. The van der Waals surface area contributed by atoms with Gasteiger partial charge in [-0.25, -0.2) is 0 Å². The van der Waals surface area contributed by atoms with Crippen LogP contribution in [-0.2, 0) is 9.59 Å². The summed E-state index contributed by atoms with van der Waals surface area (Å²) >= 11 is 0. The quantitative estimate of drug-likeness (QED) is 0.218. The van der Waals surface area contributed by atoms with Gasteiger partial charge >= 0.3 is 0 Å². The van der Waals surface area contributed by atoms with Crippen molar-refractivity contribution >= 4 is 11.6 Å². The van der Waals surface area contributed by atoms with Crippen LogP contribution in [0.5, 0.6) is 0 Å². The van der Waals surface area contributed by atoms with Crippen molar-refractivity contribution in [3.63, 3.8) is 0 Å². The largest absolute Gasteiger partial charge is 0.505 e. The summed E-state index contributed by atoms with van der Waals surface area (Å²) in [5.41, 5.74) is 3.52. The SMILES string of the molecule is CCCCCC1=C(NCC)C(O)=C(C/C=C(\C)CCC=C(C)C)C(=O)C1=O. The lowest BCUT2D eigenvalue weighted by atomic mass is 9.87. The zero-order valence-corrected chi connectivity index (χ0v) is 17.6. The summed E-state index contributed by atoms with van der Waals surface area (Å²) in [5.74, 6) is -1.08. The Labute approximate surface area is 164 Å². The molecule has 0 amide bonds. The normalized spacial score (nSPS) is 15.5. The molecular weight excluding hydrogens is 338 g/mol. The molecular formula is C23H35NO3. The van der Waals surface area contributed by atoms with Gasteiger partial charge in [0.1, 0.15) is 5.76 Å². The molecule has 4 nitrogen and oxygen atoms in total. The molecule has 0 aromatic carbocycles. The number of unbranched alkanes of at least 4 members (excludes halogenated alkanes) is 2. The molecule has 1 rings (SSSR count). The van der Waals surface area contributed by atoms with Crippen molar-refractivity contribution in [3.8, 4) is 0 Å². The highest BCUT2D eigenvalue weighted by Crippen LogP contribution is 2.28. The Morgan fingerprint density at radius 1 is 1.00 bits per heavy atom. The first-order valence-corrected chi connectivity index (χ1v) is 10.1. The highest BCUT2D eigenvalue weighted by Gasteiger charge is 2.33. The van der Waals surface area contributed by atoms with Gasteiger partial charge in [0.15, 0.2) is 0 Å². The highest BCUT2D eigenvalue weighted by molar-refractivity contribution is 6.50. The highest BCUT2D eigenvalue weighted by atomic mass is 16.3. The van der Waals surface area contributed by atoms with Crippen molar-refractivity contribution in [2.45, 2.75) is 79.6 Å². The first kappa shape index (κ1) is 22.9. The Morgan fingerprint density at radius 2 is 1.67 bits per heavy atom. The van der Waals surface area contributed by atoms with Gasteiger partial charge < -0.3 is 10.4 Å². The first-order valence-electron chi connectivity index (χ1n) is 10.1. The van der Waals surface area contributed by atoms with Crippen molar-refractivity contribution in [1.29, 1.82) is 0 Å². The van der Waals surface area contributed by atoms with Crippen LogP contribution in [0.3, 0.4) is 0 Å². The van der Waals surface area contributed by atoms with Gasteiger partial charge in [0.2, 0.25) is 11.6 Å². The molecule has 0 unspecified atom stereocenters. The van der Waals surface area contributed by atoms with Crippen LogP contribution in [-0.4, -0.2) is 23.2 Å². The van der Waals surface area contributed by atoms with Gasteiger partial charge in [-0.1, -0.05) is 43.1 Å². The van der Waals surface area contributed by atoms with Gasteiger partial charge in [-0.3, -0.25) is 9.59 Å². The molecule has 4 heteroatoms. The first-order chi connectivity index (χ1) is 12.8.